The first kappa shape index (κ1) is 19.0. The number of pyridine rings is 2. The molecular weight excluding hydrogens is 471 g/mol. The standard InChI is InChI=1S/C22H13BrClFN4O/c23-12-8-15-18(20(29-22(15)30)14-10-13(25)3-4-16(14)24)17(9-12)28-21-19-11(5-7-27-21)2-1-6-26-19/h1-10,20H,(H,27,28)(H,29,30). The molecule has 0 saturated heterocycles. The van der Waals surface area contributed by atoms with Crippen molar-refractivity contribution in [2.24, 2.45) is 0 Å². The highest BCUT2D eigenvalue weighted by atomic mass is 79.9. The predicted octanol–water partition coefficient (Wildman–Crippen LogP) is 5.76. The van der Waals surface area contributed by atoms with Gasteiger partial charge in [-0.25, -0.2) is 9.37 Å². The average Bonchev–Trinajstić information content (AvgIpc) is 3.06. The molecule has 2 aromatic carbocycles. The normalized spacial score (nSPS) is 15.2. The Bertz CT molecular complexity index is 1320. The Morgan fingerprint density at radius 1 is 1.10 bits per heavy atom. The molecule has 1 unspecified atom stereocenters. The zero-order valence-corrected chi connectivity index (χ0v) is 17.6. The maximum Gasteiger partial charge on any atom is 0.252 e. The fraction of sp³-hybridized carbons (Fsp3) is 0.0455. The number of nitrogens with zero attached hydrogens (tertiary/aromatic N) is 2. The van der Waals surface area contributed by atoms with E-state index in [1.54, 1.807) is 18.5 Å². The van der Waals surface area contributed by atoms with Crippen LogP contribution < -0.4 is 10.6 Å². The summed E-state index contributed by atoms with van der Waals surface area (Å²) in [4.78, 5) is 21.5. The lowest BCUT2D eigenvalue weighted by molar-refractivity contribution is 0.0960. The number of anilines is 2. The molecule has 148 valence electrons. The van der Waals surface area contributed by atoms with Crippen molar-refractivity contribution >= 4 is 55.8 Å². The average molecular weight is 484 g/mol. The van der Waals surface area contributed by atoms with E-state index in [4.69, 9.17) is 11.6 Å². The molecule has 0 spiro atoms. The first-order chi connectivity index (χ1) is 14.5. The molecule has 5 nitrogen and oxygen atoms in total. The van der Waals surface area contributed by atoms with E-state index >= 15 is 0 Å². The molecule has 0 radical (unpaired) electrons. The van der Waals surface area contributed by atoms with Gasteiger partial charge in [0.1, 0.15) is 11.3 Å². The Hall–Kier alpha value is -3.03. The molecule has 4 aromatic rings. The smallest absolute Gasteiger partial charge is 0.252 e. The maximum atomic E-state index is 13.9. The number of carbonyl (C=O) groups excluding carboxylic acids is 1. The van der Waals surface area contributed by atoms with Gasteiger partial charge in [-0.2, -0.15) is 0 Å². The molecule has 0 saturated carbocycles. The van der Waals surface area contributed by atoms with Crippen LogP contribution in [0.4, 0.5) is 15.9 Å². The number of hydrogen-bond acceptors (Lipinski definition) is 4. The number of hydrogen-bond donors (Lipinski definition) is 2. The number of rotatable bonds is 3. The lowest BCUT2D eigenvalue weighted by Crippen LogP contribution is -2.20. The topological polar surface area (TPSA) is 66.9 Å². The highest BCUT2D eigenvalue weighted by Crippen LogP contribution is 2.41. The highest BCUT2D eigenvalue weighted by molar-refractivity contribution is 9.10. The third kappa shape index (κ3) is 3.20. The predicted molar refractivity (Wildman–Crippen MR) is 118 cm³/mol. The van der Waals surface area contributed by atoms with Gasteiger partial charge in [0.25, 0.3) is 5.91 Å². The molecule has 3 heterocycles. The van der Waals surface area contributed by atoms with E-state index in [0.29, 0.717) is 38.7 Å². The molecule has 0 aliphatic carbocycles. The summed E-state index contributed by atoms with van der Waals surface area (Å²) < 4.78 is 14.7. The van der Waals surface area contributed by atoms with Crippen molar-refractivity contribution in [3.8, 4) is 0 Å². The van der Waals surface area contributed by atoms with Gasteiger partial charge in [-0.3, -0.25) is 9.78 Å². The van der Waals surface area contributed by atoms with Crippen LogP contribution in [0.5, 0.6) is 0 Å². The van der Waals surface area contributed by atoms with Crippen LogP contribution in [0.15, 0.2) is 65.4 Å². The van der Waals surface area contributed by atoms with Crippen LogP contribution in [0.1, 0.15) is 27.5 Å². The minimum atomic E-state index is -0.603. The highest BCUT2D eigenvalue weighted by Gasteiger charge is 2.34. The molecule has 30 heavy (non-hydrogen) atoms. The first-order valence-corrected chi connectivity index (χ1v) is 10.2. The van der Waals surface area contributed by atoms with Crippen LogP contribution in [0.25, 0.3) is 10.9 Å². The van der Waals surface area contributed by atoms with E-state index in [1.165, 1.54) is 18.2 Å². The first-order valence-electron chi connectivity index (χ1n) is 9.07. The Morgan fingerprint density at radius 3 is 2.83 bits per heavy atom. The van der Waals surface area contributed by atoms with Gasteiger partial charge in [0, 0.05) is 49.7 Å². The number of aromatic nitrogens is 2. The SMILES string of the molecule is O=C1NC(c2cc(F)ccc2Cl)c2c(Nc3nccc4cccnc34)cc(Br)cc21. The van der Waals surface area contributed by atoms with E-state index in [-0.39, 0.29) is 5.91 Å². The third-order valence-corrected chi connectivity index (χ3v) is 5.80. The van der Waals surface area contributed by atoms with Gasteiger partial charge in [-0.1, -0.05) is 33.6 Å². The molecule has 1 aliphatic rings. The Labute approximate surface area is 184 Å². The summed E-state index contributed by atoms with van der Waals surface area (Å²) in [6.07, 6.45) is 3.38. The lowest BCUT2D eigenvalue weighted by atomic mass is 9.96. The summed E-state index contributed by atoms with van der Waals surface area (Å²) in [5, 5.41) is 7.52. The van der Waals surface area contributed by atoms with Crippen LogP contribution in [-0.2, 0) is 0 Å². The molecule has 0 fully saturated rings. The number of benzene rings is 2. The van der Waals surface area contributed by atoms with Crippen molar-refractivity contribution in [1.29, 1.82) is 0 Å². The van der Waals surface area contributed by atoms with Gasteiger partial charge in [-0.15, -0.1) is 0 Å². The van der Waals surface area contributed by atoms with Crippen molar-refractivity contribution in [1.82, 2.24) is 15.3 Å². The quantitative estimate of drug-likeness (QED) is 0.389. The molecule has 2 N–H and O–H groups in total. The van der Waals surface area contributed by atoms with Gasteiger partial charge < -0.3 is 10.6 Å². The molecule has 1 atom stereocenters. The number of fused-ring (bicyclic) bond motifs is 2. The zero-order chi connectivity index (χ0) is 20.8. The second-order valence-corrected chi connectivity index (χ2v) is 8.17. The molecule has 1 aliphatic heterocycles. The summed E-state index contributed by atoms with van der Waals surface area (Å²) in [6.45, 7) is 0. The lowest BCUT2D eigenvalue weighted by Gasteiger charge is -2.19. The Kier molecular flexibility index (Phi) is 4.64. The second-order valence-electron chi connectivity index (χ2n) is 6.85. The summed E-state index contributed by atoms with van der Waals surface area (Å²) in [7, 11) is 0. The van der Waals surface area contributed by atoms with Gasteiger partial charge in [-0.05, 0) is 42.5 Å². The van der Waals surface area contributed by atoms with Gasteiger partial charge in [0.15, 0.2) is 5.82 Å². The molecule has 5 rings (SSSR count). The van der Waals surface area contributed by atoms with Crippen molar-refractivity contribution in [3.05, 3.63) is 92.9 Å². The summed E-state index contributed by atoms with van der Waals surface area (Å²) in [5.74, 6) is -0.135. The van der Waals surface area contributed by atoms with E-state index in [9.17, 15) is 9.18 Å². The fourth-order valence-corrected chi connectivity index (χ4v) is 4.38. The van der Waals surface area contributed by atoms with Crippen LogP contribution in [0.3, 0.4) is 0 Å². The zero-order valence-electron chi connectivity index (χ0n) is 15.3. The van der Waals surface area contributed by atoms with Crippen LogP contribution in [0, 0.1) is 5.82 Å². The fourth-order valence-electron chi connectivity index (χ4n) is 3.69. The van der Waals surface area contributed by atoms with Crippen molar-refractivity contribution in [2.45, 2.75) is 6.04 Å². The largest absolute Gasteiger partial charge is 0.341 e. The van der Waals surface area contributed by atoms with Gasteiger partial charge in [0.05, 0.1) is 6.04 Å². The second kappa shape index (κ2) is 7.34. The van der Waals surface area contributed by atoms with Crippen LogP contribution in [0.2, 0.25) is 5.02 Å². The molecule has 8 heteroatoms. The monoisotopic (exact) mass is 482 g/mol. The molecule has 0 bridgehead atoms. The Morgan fingerprint density at radius 2 is 1.97 bits per heavy atom. The van der Waals surface area contributed by atoms with Crippen LogP contribution >= 0.6 is 27.5 Å². The van der Waals surface area contributed by atoms with E-state index in [0.717, 1.165) is 9.86 Å². The molecule has 1 amide bonds. The summed E-state index contributed by atoms with van der Waals surface area (Å²) >= 11 is 9.81. The van der Waals surface area contributed by atoms with Gasteiger partial charge in [0.2, 0.25) is 0 Å². The van der Waals surface area contributed by atoms with Crippen molar-refractivity contribution in [2.75, 3.05) is 5.32 Å². The van der Waals surface area contributed by atoms with E-state index < -0.39 is 11.9 Å². The third-order valence-electron chi connectivity index (χ3n) is 5.00. The van der Waals surface area contributed by atoms with Crippen LogP contribution in [-0.4, -0.2) is 15.9 Å². The molecular formula is C22H13BrClFN4O. The summed E-state index contributed by atoms with van der Waals surface area (Å²) in [6, 6.07) is 12.8. The number of carbonyl (C=O) groups is 1. The number of nitrogens with one attached hydrogen (secondary N) is 2. The maximum absolute atomic E-state index is 13.9. The van der Waals surface area contributed by atoms with Gasteiger partial charge >= 0.3 is 0 Å². The minimum Gasteiger partial charge on any atom is -0.341 e. The van der Waals surface area contributed by atoms with E-state index in [2.05, 4.69) is 36.5 Å². The van der Waals surface area contributed by atoms with Crippen molar-refractivity contribution in [3.63, 3.8) is 0 Å². The Balaban J connectivity index is 1.68. The molecule has 2 aromatic heterocycles. The van der Waals surface area contributed by atoms with Crippen molar-refractivity contribution < 1.29 is 9.18 Å². The number of amides is 1. The number of halogens is 3. The van der Waals surface area contributed by atoms with E-state index in [1.807, 2.05) is 24.3 Å². The minimum absolute atomic E-state index is 0.260. The summed E-state index contributed by atoms with van der Waals surface area (Å²) in [5.41, 5.74) is 2.98.